The van der Waals surface area contributed by atoms with Crippen molar-refractivity contribution in [3.63, 3.8) is 0 Å². The maximum atomic E-state index is 10.9. The van der Waals surface area contributed by atoms with E-state index in [1.165, 1.54) is 0 Å². The Hall–Kier alpha value is -0.530. The van der Waals surface area contributed by atoms with Crippen molar-refractivity contribution in [2.24, 2.45) is 0 Å². The van der Waals surface area contributed by atoms with Crippen LogP contribution in [0.1, 0.15) is 40.5 Å². The van der Waals surface area contributed by atoms with Gasteiger partial charge in [0.25, 0.3) is 0 Å². The topological polar surface area (TPSA) is 20.3 Å². The van der Waals surface area contributed by atoms with E-state index in [4.69, 9.17) is 0 Å². The fraction of sp³-hybridized carbons (Fsp3) is 0.889. The van der Waals surface area contributed by atoms with Crippen molar-refractivity contribution in [2.75, 3.05) is 13.6 Å². The highest BCUT2D eigenvalue weighted by Crippen LogP contribution is 1.92. The first kappa shape index (κ1) is 13.1. The van der Waals surface area contributed by atoms with E-state index in [0.717, 1.165) is 13.0 Å². The second-order valence-corrected chi connectivity index (χ2v) is 2.16. The average molecular weight is 159 g/mol. The van der Waals surface area contributed by atoms with Crippen molar-refractivity contribution < 1.29 is 4.79 Å². The Kier molecular flexibility index (Phi) is 11.3. The molecule has 2 nitrogen and oxygen atoms in total. The van der Waals surface area contributed by atoms with Crippen molar-refractivity contribution >= 4 is 5.91 Å². The highest BCUT2D eigenvalue weighted by molar-refractivity contribution is 5.75. The minimum atomic E-state index is 0.250. The summed E-state index contributed by atoms with van der Waals surface area (Å²) in [5.74, 6) is 0.250. The second-order valence-electron chi connectivity index (χ2n) is 2.16. The molecule has 2 heteroatoms. The number of rotatable bonds is 3. The van der Waals surface area contributed by atoms with Gasteiger partial charge in [0.2, 0.25) is 5.91 Å². The van der Waals surface area contributed by atoms with Crippen molar-refractivity contribution in [1.29, 1.82) is 0 Å². The molecule has 0 bridgehead atoms. The molecule has 0 heterocycles. The van der Waals surface area contributed by atoms with Crippen LogP contribution in [0.3, 0.4) is 0 Å². The molecule has 0 aromatic rings. The summed E-state index contributed by atoms with van der Waals surface area (Å²) in [6.45, 7) is 8.81. The molecule has 68 valence electrons. The van der Waals surface area contributed by atoms with Crippen LogP contribution in [-0.4, -0.2) is 24.4 Å². The first-order valence-electron chi connectivity index (χ1n) is 4.46. The lowest BCUT2D eigenvalue weighted by molar-refractivity contribution is -0.129. The quantitative estimate of drug-likeness (QED) is 0.618. The largest absolute Gasteiger partial charge is 0.346 e. The van der Waals surface area contributed by atoms with Crippen molar-refractivity contribution in [2.45, 2.75) is 40.5 Å². The third-order valence-electron chi connectivity index (χ3n) is 1.36. The fourth-order valence-corrected chi connectivity index (χ4v) is 0.581. The van der Waals surface area contributed by atoms with Crippen molar-refractivity contribution in [1.82, 2.24) is 4.90 Å². The van der Waals surface area contributed by atoms with Gasteiger partial charge in [0, 0.05) is 20.0 Å². The lowest BCUT2D eigenvalue weighted by Gasteiger charge is -2.12. The van der Waals surface area contributed by atoms with E-state index in [9.17, 15) is 4.79 Å². The lowest BCUT2D eigenvalue weighted by Crippen LogP contribution is -2.25. The van der Waals surface area contributed by atoms with Crippen LogP contribution in [0.5, 0.6) is 0 Å². The van der Waals surface area contributed by atoms with Gasteiger partial charge in [-0.2, -0.15) is 0 Å². The summed E-state index contributed by atoms with van der Waals surface area (Å²) in [5, 5.41) is 0. The van der Waals surface area contributed by atoms with Crippen LogP contribution in [0.4, 0.5) is 0 Å². The van der Waals surface area contributed by atoms with E-state index in [1.807, 2.05) is 34.7 Å². The molecule has 0 aromatic carbocycles. The molecule has 0 saturated carbocycles. The molecule has 0 spiro atoms. The van der Waals surface area contributed by atoms with Crippen LogP contribution in [0.25, 0.3) is 0 Å². The third kappa shape index (κ3) is 7.37. The van der Waals surface area contributed by atoms with Crippen LogP contribution in [0.15, 0.2) is 0 Å². The summed E-state index contributed by atoms with van der Waals surface area (Å²) in [6.07, 6.45) is 1.63. The van der Waals surface area contributed by atoms with Gasteiger partial charge in [-0.3, -0.25) is 4.79 Å². The molecule has 0 rings (SSSR count). The predicted octanol–water partition coefficient (Wildman–Crippen LogP) is 2.29. The van der Waals surface area contributed by atoms with Gasteiger partial charge < -0.3 is 4.90 Å². The van der Waals surface area contributed by atoms with E-state index in [0.29, 0.717) is 6.42 Å². The number of carbonyl (C=O) groups is 1. The summed E-state index contributed by atoms with van der Waals surface area (Å²) < 4.78 is 0. The van der Waals surface area contributed by atoms with Crippen LogP contribution < -0.4 is 0 Å². The first-order chi connectivity index (χ1) is 5.22. The zero-order valence-corrected chi connectivity index (χ0v) is 8.48. The lowest BCUT2D eigenvalue weighted by atomic mass is 10.3. The molecule has 0 aliphatic heterocycles. The van der Waals surface area contributed by atoms with Gasteiger partial charge in [0.15, 0.2) is 0 Å². The van der Waals surface area contributed by atoms with E-state index >= 15 is 0 Å². The fourth-order valence-electron chi connectivity index (χ4n) is 0.581. The second kappa shape index (κ2) is 9.47. The Morgan fingerprint density at radius 3 is 2.00 bits per heavy atom. The van der Waals surface area contributed by atoms with Gasteiger partial charge in [-0.05, 0) is 13.3 Å². The van der Waals surface area contributed by atoms with Gasteiger partial charge in [0.1, 0.15) is 0 Å². The molecule has 1 amide bonds. The predicted molar refractivity (Wildman–Crippen MR) is 49.6 cm³/mol. The van der Waals surface area contributed by atoms with Gasteiger partial charge >= 0.3 is 0 Å². The van der Waals surface area contributed by atoms with Crippen molar-refractivity contribution in [3.8, 4) is 0 Å². The number of nitrogens with zero attached hydrogens (tertiary/aromatic N) is 1. The van der Waals surface area contributed by atoms with Gasteiger partial charge in [0.05, 0.1) is 0 Å². The minimum absolute atomic E-state index is 0.250. The Morgan fingerprint density at radius 1 is 1.27 bits per heavy atom. The zero-order valence-electron chi connectivity index (χ0n) is 8.48. The highest BCUT2D eigenvalue weighted by Gasteiger charge is 2.02. The Balaban J connectivity index is 0. The molecular formula is C9H21NO. The zero-order chi connectivity index (χ0) is 9.28. The van der Waals surface area contributed by atoms with E-state index in [-0.39, 0.29) is 5.91 Å². The normalized spacial score (nSPS) is 8.09. The standard InChI is InChI=1S/C7H15NO.C2H6/c1-4-6-7(9)8(3)5-2;1-2/h4-6H2,1-3H3;1-2H3. The summed E-state index contributed by atoms with van der Waals surface area (Å²) in [7, 11) is 1.83. The number of hydrogen-bond donors (Lipinski definition) is 0. The molecular weight excluding hydrogens is 138 g/mol. The molecule has 0 aromatic heterocycles. The minimum Gasteiger partial charge on any atom is -0.346 e. The van der Waals surface area contributed by atoms with E-state index in [2.05, 4.69) is 0 Å². The van der Waals surface area contributed by atoms with Gasteiger partial charge in [-0.15, -0.1) is 0 Å². The van der Waals surface area contributed by atoms with Crippen LogP contribution in [-0.2, 0) is 4.79 Å². The summed E-state index contributed by atoms with van der Waals surface area (Å²) in [5.41, 5.74) is 0. The monoisotopic (exact) mass is 159 g/mol. The number of amides is 1. The third-order valence-corrected chi connectivity index (χ3v) is 1.36. The van der Waals surface area contributed by atoms with Crippen molar-refractivity contribution in [3.05, 3.63) is 0 Å². The van der Waals surface area contributed by atoms with E-state index < -0.39 is 0 Å². The maximum Gasteiger partial charge on any atom is 0.222 e. The van der Waals surface area contributed by atoms with Crippen LogP contribution in [0, 0.1) is 0 Å². The summed E-state index contributed by atoms with van der Waals surface area (Å²) >= 11 is 0. The molecule has 0 fully saturated rings. The molecule has 0 saturated heterocycles. The molecule has 0 aliphatic carbocycles. The molecule has 0 aliphatic rings. The molecule has 0 radical (unpaired) electrons. The maximum absolute atomic E-state index is 10.9. The average Bonchev–Trinajstić information content (AvgIpc) is 2.07. The Morgan fingerprint density at radius 2 is 1.73 bits per heavy atom. The SMILES string of the molecule is CC.CCCC(=O)N(C)CC. The molecule has 0 unspecified atom stereocenters. The molecule has 0 atom stereocenters. The van der Waals surface area contributed by atoms with Crippen LogP contribution >= 0.6 is 0 Å². The summed E-state index contributed by atoms with van der Waals surface area (Å²) in [4.78, 5) is 12.6. The Labute approximate surface area is 70.6 Å². The number of hydrogen-bond acceptors (Lipinski definition) is 1. The van der Waals surface area contributed by atoms with Crippen LogP contribution in [0.2, 0.25) is 0 Å². The first-order valence-corrected chi connectivity index (χ1v) is 4.46. The molecule has 0 N–H and O–H groups in total. The highest BCUT2D eigenvalue weighted by atomic mass is 16.2. The van der Waals surface area contributed by atoms with Gasteiger partial charge in [-0.1, -0.05) is 20.8 Å². The van der Waals surface area contributed by atoms with E-state index in [1.54, 1.807) is 4.90 Å². The smallest absolute Gasteiger partial charge is 0.222 e. The Bertz CT molecular complexity index is 91.6. The summed E-state index contributed by atoms with van der Waals surface area (Å²) in [6, 6.07) is 0. The molecule has 11 heavy (non-hydrogen) atoms. The van der Waals surface area contributed by atoms with Gasteiger partial charge in [-0.25, -0.2) is 0 Å². The number of carbonyl (C=O) groups excluding carboxylic acids is 1.